The van der Waals surface area contributed by atoms with E-state index in [2.05, 4.69) is 0 Å². The summed E-state index contributed by atoms with van der Waals surface area (Å²) < 4.78 is 37.0. The van der Waals surface area contributed by atoms with Gasteiger partial charge in [0.25, 0.3) is 0 Å². The molecule has 0 heterocycles. The second-order valence-electron chi connectivity index (χ2n) is 3.19. The van der Waals surface area contributed by atoms with E-state index < -0.39 is 24.8 Å². The lowest BCUT2D eigenvalue weighted by Gasteiger charge is -2.23. The molecule has 15 heavy (non-hydrogen) atoms. The highest BCUT2D eigenvalue weighted by Crippen LogP contribution is 2.35. The first-order valence-electron chi connectivity index (χ1n) is 4.37. The molecule has 0 bridgehead atoms. The van der Waals surface area contributed by atoms with Crippen molar-refractivity contribution in [2.24, 2.45) is 5.92 Å². The van der Waals surface area contributed by atoms with E-state index in [-0.39, 0.29) is 5.56 Å². The maximum absolute atomic E-state index is 12.3. The molecule has 0 aliphatic rings. The largest absolute Gasteiger partial charge is 0.396 e. The zero-order valence-corrected chi connectivity index (χ0v) is 7.78. The first-order chi connectivity index (χ1) is 6.96. The molecule has 84 valence electrons. The molecule has 0 aliphatic carbocycles. The molecule has 2 atom stereocenters. The lowest BCUT2D eigenvalue weighted by molar-refractivity contribution is -0.210. The highest BCUT2D eigenvalue weighted by atomic mass is 19.4. The van der Waals surface area contributed by atoms with Crippen LogP contribution in [-0.4, -0.2) is 23.0 Å². The highest BCUT2D eigenvalue weighted by Gasteiger charge is 2.44. The second-order valence-corrected chi connectivity index (χ2v) is 3.19. The van der Waals surface area contributed by atoms with Gasteiger partial charge in [-0.2, -0.15) is 13.2 Å². The molecular weight excluding hydrogens is 209 g/mol. The fourth-order valence-corrected chi connectivity index (χ4v) is 1.26. The lowest BCUT2D eigenvalue weighted by atomic mass is 9.96. The van der Waals surface area contributed by atoms with Gasteiger partial charge in [0.05, 0.1) is 12.7 Å². The molecule has 1 rings (SSSR count). The first kappa shape index (κ1) is 12.0. The van der Waals surface area contributed by atoms with Crippen LogP contribution < -0.4 is 0 Å². The molecule has 0 aromatic heterocycles. The minimum absolute atomic E-state index is 0.147. The number of hydrogen-bond donors (Lipinski definition) is 2. The van der Waals surface area contributed by atoms with Crippen molar-refractivity contribution in [1.29, 1.82) is 0 Å². The third-order valence-electron chi connectivity index (χ3n) is 2.14. The van der Waals surface area contributed by atoms with Crippen LogP contribution in [0.25, 0.3) is 0 Å². The minimum atomic E-state index is -4.61. The minimum Gasteiger partial charge on any atom is -0.396 e. The lowest BCUT2D eigenvalue weighted by Crippen LogP contribution is -2.32. The number of alkyl halides is 3. The molecule has 0 radical (unpaired) electrons. The van der Waals surface area contributed by atoms with Crippen molar-refractivity contribution >= 4 is 0 Å². The Morgan fingerprint density at radius 1 is 1.13 bits per heavy atom. The van der Waals surface area contributed by atoms with E-state index in [1.165, 1.54) is 24.3 Å². The van der Waals surface area contributed by atoms with Crippen LogP contribution in [0, 0.1) is 5.92 Å². The number of halogens is 3. The van der Waals surface area contributed by atoms with E-state index in [4.69, 9.17) is 5.11 Å². The Hall–Kier alpha value is -1.07. The molecule has 0 saturated heterocycles. The third kappa shape index (κ3) is 2.94. The molecule has 0 aliphatic heterocycles. The number of aliphatic hydroxyl groups is 2. The van der Waals surface area contributed by atoms with Crippen LogP contribution in [0.5, 0.6) is 0 Å². The van der Waals surface area contributed by atoms with Crippen molar-refractivity contribution < 1.29 is 23.4 Å². The van der Waals surface area contributed by atoms with Gasteiger partial charge < -0.3 is 10.2 Å². The molecular formula is C10H11F3O2. The van der Waals surface area contributed by atoms with Gasteiger partial charge in [-0.1, -0.05) is 30.3 Å². The van der Waals surface area contributed by atoms with E-state index in [1.807, 2.05) is 0 Å². The van der Waals surface area contributed by atoms with Gasteiger partial charge in [-0.3, -0.25) is 0 Å². The van der Waals surface area contributed by atoms with E-state index in [9.17, 15) is 18.3 Å². The number of benzene rings is 1. The van der Waals surface area contributed by atoms with Crippen LogP contribution in [0.3, 0.4) is 0 Å². The third-order valence-corrected chi connectivity index (χ3v) is 2.14. The van der Waals surface area contributed by atoms with E-state index in [0.717, 1.165) is 0 Å². The van der Waals surface area contributed by atoms with Gasteiger partial charge in [-0.05, 0) is 5.56 Å². The number of aliphatic hydroxyl groups excluding tert-OH is 2. The van der Waals surface area contributed by atoms with Crippen molar-refractivity contribution in [1.82, 2.24) is 0 Å². The predicted octanol–water partition coefficient (Wildman–Crippen LogP) is 1.89. The SMILES string of the molecule is OC[C@@H]([C@H](O)c1ccccc1)C(F)(F)F. The van der Waals surface area contributed by atoms with Crippen molar-refractivity contribution in [3.63, 3.8) is 0 Å². The van der Waals surface area contributed by atoms with Crippen molar-refractivity contribution in [3.05, 3.63) is 35.9 Å². The van der Waals surface area contributed by atoms with Gasteiger partial charge in [0.1, 0.15) is 5.92 Å². The van der Waals surface area contributed by atoms with Crippen molar-refractivity contribution in [2.45, 2.75) is 12.3 Å². The Morgan fingerprint density at radius 2 is 1.67 bits per heavy atom. The van der Waals surface area contributed by atoms with Crippen LogP contribution in [0.2, 0.25) is 0 Å². The van der Waals surface area contributed by atoms with Crippen molar-refractivity contribution in [2.75, 3.05) is 6.61 Å². The van der Waals surface area contributed by atoms with Gasteiger partial charge >= 0.3 is 6.18 Å². The second kappa shape index (κ2) is 4.63. The maximum atomic E-state index is 12.3. The van der Waals surface area contributed by atoms with Gasteiger partial charge in [-0.25, -0.2) is 0 Å². The normalized spacial score (nSPS) is 16.1. The van der Waals surface area contributed by atoms with Crippen molar-refractivity contribution in [3.8, 4) is 0 Å². The summed E-state index contributed by atoms with van der Waals surface area (Å²) in [5.74, 6) is -2.14. The fourth-order valence-electron chi connectivity index (χ4n) is 1.26. The van der Waals surface area contributed by atoms with Crippen LogP contribution in [0.1, 0.15) is 11.7 Å². The summed E-state index contributed by atoms with van der Waals surface area (Å²) in [5.41, 5.74) is 0.147. The molecule has 2 N–H and O–H groups in total. The average molecular weight is 220 g/mol. The molecule has 0 spiro atoms. The van der Waals surface area contributed by atoms with Crippen LogP contribution in [0.15, 0.2) is 30.3 Å². The zero-order chi connectivity index (χ0) is 11.5. The maximum Gasteiger partial charge on any atom is 0.396 e. The van der Waals surface area contributed by atoms with E-state index in [0.29, 0.717) is 0 Å². The molecule has 1 aromatic carbocycles. The number of hydrogen-bond acceptors (Lipinski definition) is 2. The van der Waals surface area contributed by atoms with Gasteiger partial charge in [-0.15, -0.1) is 0 Å². The van der Waals surface area contributed by atoms with Crippen LogP contribution in [0.4, 0.5) is 13.2 Å². The average Bonchev–Trinajstić information content (AvgIpc) is 2.18. The highest BCUT2D eigenvalue weighted by molar-refractivity contribution is 5.18. The number of rotatable bonds is 3. The first-order valence-corrected chi connectivity index (χ1v) is 4.37. The monoisotopic (exact) mass is 220 g/mol. The summed E-state index contributed by atoms with van der Waals surface area (Å²) in [6.45, 7) is -1.13. The standard InChI is InChI=1S/C10H11F3O2/c11-10(12,13)8(6-14)9(15)7-4-2-1-3-5-7/h1-5,8-9,14-15H,6H2/t8-,9+/m0/s1. The molecule has 0 saturated carbocycles. The van der Waals surface area contributed by atoms with E-state index >= 15 is 0 Å². The Balaban J connectivity index is 2.88. The predicted molar refractivity (Wildman–Crippen MR) is 48.0 cm³/mol. The summed E-state index contributed by atoms with van der Waals surface area (Å²) in [6.07, 6.45) is -6.33. The molecule has 0 amide bonds. The summed E-state index contributed by atoms with van der Waals surface area (Å²) in [7, 11) is 0. The fraction of sp³-hybridized carbons (Fsp3) is 0.400. The summed E-state index contributed by atoms with van der Waals surface area (Å²) in [4.78, 5) is 0. The zero-order valence-electron chi connectivity index (χ0n) is 7.78. The summed E-state index contributed by atoms with van der Waals surface area (Å²) in [5, 5.41) is 18.0. The smallest absolute Gasteiger partial charge is 0.396 e. The van der Waals surface area contributed by atoms with Gasteiger partial charge in [0.15, 0.2) is 0 Å². The molecule has 2 nitrogen and oxygen atoms in total. The molecule has 1 aromatic rings. The van der Waals surface area contributed by atoms with Crippen LogP contribution in [-0.2, 0) is 0 Å². The Kier molecular flexibility index (Phi) is 3.71. The Bertz CT molecular complexity index is 297. The van der Waals surface area contributed by atoms with Gasteiger partial charge in [0, 0.05) is 0 Å². The Labute approximate surface area is 85.0 Å². The van der Waals surface area contributed by atoms with Crippen LogP contribution >= 0.6 is 0 Å². The topological polar surface area (TPSA) is 40.5 Å². The van der Waals surface area contributed by atoms with Gasteiger partial charge in [0.2, 0.25) is 0 Å². The quantitative estimate of drug-likeness (QED) is 0.816. The Morgan fingerprint density at radius 3 is 2.07 bits per heavy atom. The van der Waals surface area contributed by atoms with E-state index in [1.54, 1.807) is 6.07 Å². The summed E-state index contributed by atoms with van der Waals surface area (Å²) in [6, 6.07) is 7.47. The molecule has 0 unspecified atom stereocenters. The summed E-state index contributed by atoms with van der Waals surface area (Å²) >= 11 is 0. The molecule has 0 fully saturated rings. The molecule has 5 heteroatoms.